The summed E-state index contributed by atoms with van der Waals surface area (Å²) in [5.41, 5.74) is 2.23. The van der Waals surface area contributed by atoms with Gasteiger partial charge in [0.15, 0.2) is 0 Å². The first-order valence-corrected chi connectivity index (χ1v) is 6.82. The Morgan fingerprint density at radius 3 is 2.52 bits per heavy atom. The number of fused-ring (bicyclic) bond motifs is 1. The summed E-state index contributed by atoms with van der Waals surface area (Å²) in [5, 5.41) is 3.36. The van der Waals surface area contributed by atoms with Crippen LogP contribution in [0.15, 0.2) is 42.6 Å². The second-order valence-corrected chi connectivity index (χ2v) is 5.34. The molecule has 1 aromatic heterocycles. The van der Waals surface area contributed by atoms with Crippen molar-refractivity contribution in [2.24, 2.45) is 0 Å². The molecule has 0 fully saturated rings. The van der Waals surface area contributed by atoms with E-state index in [0.717, 1.165) is 35.5 Å². The Bertz CT molecular complexity index is 635. The van der Waals surface area contributed by atoms with E-state index in [2.05, 4.69) is 17.2 Å². The van der Waals surface area contributed by atoms with E-state index in [1.54, 1.807) is 6.20 Å². The predicted octanol–water partition coefficient (Wildman–Crippen LogP) is 3.90. The Hall–Kier alpha value is -1.88. The highest BCUT2D eigenvalue weighted by atomic mass is 19.4. The number of hydrogen-bond acceptors (Lipinski definition) is 2. The van der Waals surface area contributed by atoms with Crippen molar-refractivity contribution in [1.29, 1.82) is 0 Å². The van der Waals surface area contributed by atoms with Gasteiger partial charge in [0.2, 0.25) is 0 Å². The summed E-state index contributed by atoms with van der Waals surface area (Å²) < 4.78 is 37.9. The summed E-state index contributed by atoms with van der Waals surface area (Å²) in [5.74, 6) is 0.347. The van der Waals surface area contributed by atoms with Crippen molar-refractivity contribution in [3.63, 3.8) is 0 Å². The SMILES string of the molecule is CC1CNC(c2ccc(C(F)(F)F)cc2)c2ncccc21. The van der Waals surface area contributed by atoms with E-state index in [1.165, 1.54) is 12.1 Å². The number of pyridine rings is 1. The number of hydrogen-bond donors (Lipinski definition) is 1. The van der Waals surface area contributed by atoms with Gasteiger partial charge in [0.25, 0.3) is 0 Å². The van der Waals surface area contributed by atoms with Gasteiger partial charge < -0.3 is 5.32 Å². The zero-order valence-corrected chi connectivity index (χ0v) is 11.5. The van der Waals surface area contributed by atoms with Gasteiger partial charge in [-0.1, -0.05) is 25.1 Å². The molecule has 0 saturated heterocycles. The van der Waals surface area contributed by atoms with Crippen LogP contribution in [0.1, 0.15) is 41.3 Å². The van der Waals surface area contributed by atoms with Gasteiger partial charge in [-0.05, 0) is 35.2 Å². The molecule has 0 amide bonds. The van der Waals surface area contributed by atoms with E-state index in [4.69, 9.17) is 0 Å². The molecule has 0 saturated carbocycles. The fraction of sp³-hybridized carbons (Fsp3) is 0.312. The molecule has 110 valence electrons. The van der Waals surface area contributed by atoms with Crippen molar-refractivity contribution in [1.82, 2.24) is 10.3 Å². The smallest absolute Gasteiger partial charge is 0.304 e. The van der Waals surface area contributed by atoms with E-state index in [-0.39, 0.29) is 6.04 Å². The lowest BCUT2D eigenvalue weighted by molar-refractivity contribution is -0.137. The Kier molecular flexibility index (Phi) is 3.45. The standard InChI is InChI=1S/C16H15F3N2/c1-10-9-21-14(15-13(10)3-2-8-20-15)11-4-6-12(7-5-11)16(17,18)19/h2-8,10,14,21H,9H2,1H3. The second-order valence-electron chi connectivity index (χ2n) is 5.34. The van der Waals surface area contributed by atoms with Crippen LogP contribution < -0.4 is 5.32 Å². The van der Waals surface area contributed by atoms with Gasteiger partial charge in [0.1, 0.15) is 0 Å². The van der Waals surface area contributed by atoms with Gasteiger partial charge in [-0.25, -0.2) is 0 Å². The molecule has 0 spiro atoms. The molecule has 1 aliphatic rings. The monoisotopic (exact) mass is 292 g/mol. The first kappa shape index (κ1) is 14.1. The van der Waals surface area contributed by atoms with E-state index in [9.17, 15) is 13.2 Å². The molecule has 1 N–H and O–H groups in total. The van der Waals surface area contributed by atoms with Crippen LogP contribution in [0.25, 0.3) is 0 Å². The molecular weight excluding hydrogens is 277 g/mol. The van der Waals surface area contributed by atoms with Gasteiger partial charge in [0.05, 0.1) is 17.3 Å². The number of nitrogens with one attached hydrogen (secondary N) is 1. The summed E-state index contributed by atoms with van der Waals surface area (Å²) in [7, 11) is 0. The van der Waals surface area contributed by atoms with Crippen LogP contribution in [0, 0.1) is 0 Å². The maximum absolute atomic E-state index is 12.6. The molecule has 1 aliphatic heterocycles. The van der Waals surface area contributed by atoms with Crippen LogP contribution in [0.2, 0.25) is 0 Å². The number of aromatic nitrogens is 1. The number of benzene rings is 1. The van der Waals surface area contributed by atoms with Gasteiger partial charge in [-0.2, -0.15) is 13.2 Å². The fourth-order valence-electron chi connectivity index (χ4n) is 2.73. The third kappa shape index (κ3) is 2.65. The van der Waals surface area contributed by atoms with E-state index in [1.807, 2.05) is 12.1 Å². The fourth-order valence-corrected chi connectivity index (χ4v) is 2.73. The molecule has 21 heavy (non-hydrogen) atoms. The lowest BCUT2D eigenvalue weighted by Crippen LogP contribution is -2.33. The number of halogens is 3. The lowest BCUT2D eigenvalue weighted by atomic mass is 9.88. The minimum atomic E-state index is -4.30. The Morgan fingerprint density at radius 1 is 1.14 bits per heavy atom. The highest BCUT2D eigenvalue weighted by Crippen LogP contribution is 2.34. The molecule has 0 bridgehead atoms. The summed E-state index contributed by atoms with van der Waals surface area (Å²) in [6, 6.07) is 9.06. The van der Waals surface area contributed by atoms with Gasteiger partial charge in [-0.15, -0.1) is 0 Å². The minimum absolute atomic E-state index is 0.153. The van der Waals surface area contributed by atoms with Gasteiger partial charge in [-0.3, -0.25) is 4.98 Å². The van der Waals surface area contributed by atoms with Crippen molar-refractivity contribution >= 4 is 0 Å². The lowest BCUT2D eigenvalue weighted by Gasteiger charge is -2.30. The van der Waals surface area contributed by atoms with E-state index in [0.29, 0.717) is 5.92 Å². The molecule has 2 atom stereocenters. The maximum Gasteiger partial charge on any atom is 0.416 e. The van der Waals surface area contributed by atoms with Crippen LogP contribution in [0.3, 0.4) is 0 Å². The van der Waals surface area contributed by atoms with E-state index < -0.39 is 11.7 Å². The average Bonchev–Trinajstić information content (AvgIpc) is 2.47. The van der Waals surface area contributed by atoms with Crippen LogP contribution in [-0.4, -0.2) is 11.5 Å². The Balaban J connectivity index is 1.97. The summed E-state index contributed by atoms with van der Waals surface area (Å²) in [6.45, 7) is 2.89. The molecule has 1 aromatic carbocycles. The molecule has 2 heterocycles. The van der Waals surface area contributed by atoms with Gasteiger partial charge >= 0.3 is 6.18 Å². The third-order valence-corrected chi connectivity index (χ3v) is 3.88. The van der Waals surface area contributed by atoms with Crippen molar-refractivity contribution in [3.05, 3.63) is 65.0 Å². The molecule has 5 heteroatoms. The molecule has 2 unspecified atom stereocenters. The summed E-state index contributed by atoms with van der Waals surface area (Å²) in [6.07, 6.45) is -2.58. The molecule has 2 nitrogen and oxygen atoms in total. The van der Waals surface area contributed by atoms with Crippen molar-refractivity contribution in [2.75, 3.05) is 6.54 Å². The van der Waals surface area contributed by atoms with Crippen LogP contribution in [0.5, 0.6) is 0 Å². The number of alkyl halides is 3. The van der Waals surface area contributed by atoms with Crippen molar-refractivity contribution in [2.45, 2.75) is 25.1 Å². The first-order valence-electron chi connectivity index (χ1n) is 6.82. The Morgan fingerprint density at radius 2 is 1.86 bits per heavy atom. The zero-order valence-electron chi connectivity index (χ0n) is 11.5. The minimum Gasteiger partial charge on any atom is -0.304 e. The molecular formula is C16H15F3N2. The number of rotatable bonds is 1. The molecule has 2 aromatic rings. The van der Waals surface area contributed by atoms with Crippen LogP contribution in [0.4, 0.5) is 13.2 Å². The van der Waals surface area contributed by atoms with Crippen molar-refractivity contribution in [3.8, 4) is 0 Å². The van der Waals surface area contributed by atoms with E-state index >= 15 is 0 Å². The quantitative estimate of drug-likeness (QED) is 0.862. The maximum atomic E-state index is 12.6. The summed E-state index contributed by atoms with van der Waals surface area (Å²) >= 11 is 0. The largest absolute Gasteiger partial charge is 0.416 e. The highest BCUT2D eigenvalue weighted by Gasteiger charge is 2.31. The van der Waals surface area contributed by atoms with Crippen LogP contribution in [-0.2, 0) is 6.18 Å². The topological polar surface area (TPSA) is 24.9 Å². The molecule has 3 rings (SSSR count). The third-order valence-electron chi connectivity index (χ3n) is 3.88. The first-order chi connectivity index (χ1) is 9.97. The highest BCUT2D eigenvalue weighted by molar-refractivity contribution is 5.38. The average molecular weight is 292 g/mol. The van der Waals surface area contributed by atoms with Crippen LogP contribution >= 0.6 is 0 Å². The normalized spacial score (nSPS) is 21.9. The molecule has 0 radical (unpaired) electrons. The summed E-state index contributed by atoms with van der Waals surface area (Å²) in [4.78, 5) is 4.41. The zero-order chi connectivity index (χ0) is 15.0. The second kappa shape index (κ2) is 5.15. The van der Waals surface area contributed by atoms with Gasteiger partial charge in [0, 0.05) is 12.7 Å². The van der Waals surface area contributed by atoms with Crippen molar-refractivity contribution < 1.29 is 13.2 Å². The Labute approximate surface area is 121 Å². The molecule has 0 aliphatic carbocycles. The number of nitrogens with zero attached hydrogens (tertiary/aromatic N) is 1. The predicted molar refractivity (Wildman–Crippen MR) is 73.9 cm³/mol.